The molecule has 0 radical (unpaired) electrons. The first-order chi connectivity index (χ1) is 13.2. The zero-order valence-electron chi connectivity index (χ0n) is 15.2. The zero-order chi connectivity index (χ0) is 18.6. The first-order valence-corrected chi connectivity index (χ1v) is 9.18. The van der Waals surface area contributed by atoms with Crippen molar-refractivity contribution in [3.8, 4) is 17.2 Å². The van der Waals surface area contributed by atoms with Crippen molar-refractivity contribution in [2.75, 3.05) is 18.1 Å². The minimum absolute atomic E-state index is 0.00816. The molecule has 2 aromatic carbocycles. The van der Waals surface area contributed by atoms with Crippen LogP contribution >= 0.6 is 0 Å². The Hall–Kier alpha value is -3.15. The number of hydrogen-bond acceptors (Lipinski definition) is 5. The number of ether oxygens (including phenoxy) is 1. The summed E-state index contributed by atoms with van der Waals surface area (Å²) in [5.41, 5.74) is 3.04. The van der Waals surface area contributed by atoms with Crippen LogP contribution in [0.1, 0.15) is 24.8 Å². The van der Waals surface area contributed by atoms with E-state index in [0.29, 0.717) is 24.0 Å². The van der Waals surface area contributed by atoms with Crippen molar-refractivity contribution >= 4 is 11.6 Å². The first-order valence-electron chi connectivity index (χ1n) is 9.18. The normalized spacial score (nSPS) is 13.3. The van der Waals surface area contributed by atoms with E-state index in [1.165, 1.54) is 5.56 Å². The molecule has 0 saturated heterocycles. The minimum atomic E-state index is -0.0317. The molecule has 1 aromatic heterocycles. The van der Waals surface area contributed by atoms with Crippen molar-refractivity contribution in [2.45, 2.75) is 26.2 Å². The van der Waals surface area contributed by atoms with Gasteiger partial charge in [-0.3, -0.25) is 4.79 Å². The van der Waals surface area contributed by atoms with Crippen LogP contribution in [0.25, 0.3) is 11.5 Å². The average molecular weight is 363 g/mol. The van der Waals surface area contributed by atoms with Gasteiger partial charge in [-0.05, 0) is 48.7 Å². The lowest BCUT2D eigenvalue weighted by Crippen LogP contribution is -2.38. The van der Waals surface area contributed by atoms with Crippen LogP contribution in [-0.4, -0.2) is 29.3 Å². The number of anilines is 1. The second-order valence-electron chi connectivity index (χ2n) is 6.45. The van der Waals surface area contributed by atoms with Gasteiger partial charge in [0, 0.05) is 24.2 Å². The Bertz CT molecular complexity index is 934. The van der Waals surface area contributed by atoms with E-state index in [9.17, 15) is 4.79 Å². The monoisotopic (exact) mass is 363 g/mol. The van der Waals surface area contributed by atoms with E-state index < -0.39 is 0 Å². The average Bonchev–Trinajstić information content (AvgIpc) is 3.21. The second-order valence-corrected chi connectivity index (χ2v) is 6.45. The molecule has 0 atom stereocenters. The lowest BCUT2D eigenvalue weighted by atomic mass is 10.0. The van der Waals surface area contributed by atoms with Gasteiger partial charge in [-0.15, -0.1) is 10.2 Å². The molecule has 0 aliphatic carbocycles. The Balaban J connectivity index is 1.40. The third-order valence-corrected chi connectivity index (χ3v) is 4.64. The summed E-state index contributed by atoms with van der Waals surface area (Å²) in [5, 5.41) is 7.99. The SMILES string of the molecule is CCc1nnc(-c2ccc(OCC(=O)N3CCCc4ccccc43)cc2)o1. The third-order valence-electron chi connectivity index (χ3n) is 4.64. The van der Waals surface area contributed by atoms with Gasteiger partial charge in [0.1, 0.15) is 5.75 Å². The van der Waals surface area contributed by atoms with Crippen LogP contribution in [0.5, 0.6) is 5.75 Å². The molecular weight excluding hydrogens is 342 g/mol. The number of aryl methyl sites for hydroxylation is 2. The standard InChI is InChI=1S/C21H21N3O3/c1-2-19-22-23-21(27-19)16-9-11-17(12-10-16)26-14-20(25)24-13-5-7-15-6-3-4-8-18(15)24/h3-4,6,8-12H,2,5,7,13-14H2,1H3. The molecule has 1 amide bonds. The highest BCUT2D eigenvalue weighted by Crippen LogP contribution is 2.27. The summed E-state index contributed by atoms with van der Waals surface area (Å²) in [5.74, 6) is 1.69. The van der Waals surface area contributed by atoms with Gasteiger partial charge < -0.3 is 14.1 Å². The number of benzene rings is 2. The molecule has 6 nitrogen and oxygen atoms in total. The molecule has 3 aromatic rings. The van der Waals surface area contributed by atoms with Crippen LogP contribution in [0.3, 0.4) is 0 Å². The lowest BCUT2D eigenvalue weighted by molar-refractivity contribution is -0.120. The van der Waals surface area contributed by atoms with Gasteiger partial charge in [0.05, 0.1) is 0 Å². The van der Waals surface area contributed by atoms with Crippen LogP contribution in [-0.2, 0) is 17.6 Å². The second kappa shape index (κ2) is 7.61. The molecule has 138 valence electrons. The molecule has 0 bridgehead atoms. The van der Waals surface area contributed by atoms with Crippen molar-refractivity contribution in [1.29, 1.82) is 0 Å². The summed E-state index contributed by atoms with van der Waals surface area (Å²) in [4.78, 5) is 14.4. The maximum absolute atomic E-state index is 12.6. The van der Waals surface area contributed by atoms with E-state index in [0.717, 1.165) is 30.6 Å². The van der Waals surface area contributed by atoms with Crippen LogP contribution in [0.4, 0.5) is 5.69 Å². The largest absolute Gasteiger partial charge is 0.484 e. The smallest absolute Gasteiger partial charge is 0.264 e. The topological polar surface area (TPSA) is 68.5 Å². The molecule has 6 heteroatoms. The fourth-order valence-corrected chi connectivity index (χ4v) is 3.22. The summed E-state index contributed by atoms with van der Waals surface area (Å²) >= 11 is 0. The number of para-hydroxylation sites is 1. The third kappa shape index (κ3) is 3.69. The van der Waals surface area contributed by atoms with E-state index in [-0.39, 0.29) is 12.5 Å². The molecule has 2 heterocycles. The van der Waals surface area contributed by atoms with Crippen molar-refractivity contribution in [2.24, 2.45) is 0 Å². The number of rotatable bonds is 5. The molecule has 4 rings (SSSR count). The summed E-state index contributed by atoms with van der Waals surface area (Å²) in [7, 11) is 0. The van der Waals surface area contributed by atoms with E-state index in [1.807, 2.05) is 54.3 Å². The maximum Gasteiger partial charge on any atom is 0.264 e. The van der Waals surface area contributed by atoms with E-state index in [1.54, 1.807) is 0 Å². The quantitative estimate of drug-likeness (QED) is 0.692. The maximum atomic E-state index is 12.6. The van der Waals surface area contributed by atoms with Crippen molar-refractivity contribution in [1.82, 2.24) is 10.2 Å². The van der Waals surface area contributed by atoms with Gasteiger partial charge in [0.15, 0.2) is 6.61 Å². The molecule has 0 unspecified atom stereocenters. The molecule has 0 fully saturated rings. The lowest BCUT2D eigenvalue weighted by Gasteiger charge is -2.29. The molecule has 0 N–H and O–H groups in total. The highest BCUT2D eigenvalue weighted by Gasteiger charge is 2.22. The Morgan fingerprint density at radius 2 is 1.96 bits per heavy atom. The number of carbonyl (C=O) groups is 1. The van der Waals surface area contributed by atoms with Crippen molar-refractivity contribution in [3.63, 3.8) is 0 Å². The summed E-state index contributed by atoms with van der Waals surface area (Å²) < 4.78 is 11.2. The number of amides is 1. The predicted molar refractivity (Wildman–Crippen MR) is 102 cm³/mol. The molecule has 0 saturated carbocycles. The zero-order valence-corrected chi connectivity index (χ0v) is 15.2. The van der Waals surface area contributed by atoms with E-state index in [4.69, 9.17) is 9.15 Å². The first kappa shape index (κ1) is 17.3. The molecule has 0 spiro atoms. The Kier molecular flexibility index (Phi) is 4.87. The molecule has 1 aliphatic heterocycles. The van der Waals surface area contributed by atoms with Gasteiger partial charge in [-0.25, -0.2) is 0 Å². The highest BCUT2D eigenvalue weighted by atomic mass is 16.5. The number of carbonyl (C=O) groups excluding carboxylic acids is 1. The van der Waals surface area contributed by atoms with Gasteiger partial charge >= 0.3 is 0 Å². The summed E-state index contributed by atoms with van der Waals surface area (Å²) in [6.45, 7) is 2.70. The van der Waals surface area contributed by atoms with Gasteiger partial charge in [-0.2, -0.15) is 0 Å². The minimum Gasteiger partial charge on any atom is -0.484 e. The summed E-state index contributed by atoms with van der Waals surface area (Å²) in [6.07, 6.45) is 2.69. The van der Waals surface area contributed by atoms with Crippen LogP contribution in [0, 0.1) is 0 Å². The fourth-order valence-electron chi connectivity index (χ4n) is 3.22. The van der Waals surface area contributed by atoms with Gasteiger partial charge in [0.25, 0.3) is 5.91 Å². The number of hydrogen-bond donors (Lipinski definition) is 0. The Morgan fingerprint density at radius 1 is 1.15 bits per heavy atom. The number of aromatic nitrogens is 2. The Morgan fingerprint density at radius 3 is 2.74 bits per heavy atom. The highest BCUT2D eigenvalue weighted by molar-refractivity contribution is 5.95. The predicted octanol–water partition coefficient (Wildman–Crippen LogP) is 3.66. The van der Waals surface area contributed by atoms with Crippen molar-refractivity contribution < 1.29 is 13.9 Å². The number of fused-ring (bicyclic) bond motifs is 1. The fraction of sp³-hybridized carbons (Fsp3) is 0.286. The summed E-state index contributed by atoms with van der Waals surface area (Å²) in [6, 6.07) is 15.4. The van der Waals surface area contributed by atoms with Crippen molar-refractivity contribution in [3.05, 3.63) is 60.0 Å². The van der Waals surface area contributed by atoms with Gasteiger partial charge in [-0.1, -0.05) is 25.1 Å². The van der Waals surface area contributed by atoms with Crippen LogP contribution in [0.15, 0.2) is 52.9 Å². The molecule has 27 heavy (non-hydrogen) atoms. The van der Waals surface area contributed by atoms with Crippen LogP contribution < -0.4 is 9.64 Å². The Labute approximate surface area is 157 Å². The molecule has 1 aliphatic rings. The van der Waals surface area contributed by atoms with Gasteiger partial charge in [0.2, 0.25) is 11.8 Å². The van der Waals surface area contributed by atoms with Crippen LogP contribution in [0.2, 0.25) is 0 Å². The molecular formula is C21H21N3O3. The van der Waals surface area contributed by atoms with E-state index >= 15 is 0 Å². The van der Waals surface area contributed by atoms with E-state index in [2.05, 4.69) is 16.3 Å². The number of nitrogens with zero attached hydrogens (tertiary/aromatic N) is 3.